The molecule has 2 aromatic carbocycles. The lowest BCUT2D eigenvalue weighted by Crippen LogP contribution is -2.41. The molecule has 2 aromatic heterocycles. The molecule has 6 rings (SSSR count). The molecule has 0 spiro atoms. The molecule has 0 radical (unpaired) electrons. The number of phenolic OH excluding ortho intramolecular Hbond substituents is 1. The predicted molar refractivity (Wildman–Crippen MR) is 210 cm³/mol. The SMILES string of the molecule is CCCN(CCc1cccs1)[C@H]1CCc2c(O)cccc2C1.CCCN(CCc1cccs1)[C@H]1CCc2c(cccc2OC(=O)C(C)N=[N+]=[N-])C1. The van der Waals surface area contributed by atoms with Crippen LogP contribution < -0.4 is 4.74 Å². The first-order valence-electron chi connectivity index (χ1n) is 18.6. The van der Waals surface area contributed by atoms with Crippen molar-refractivity contribution >= 4 is 28.6 Å². The first kappa shape index (κ1) is 38.6. The smallest absolute Gasteiger partial charge is 0.319 e. The van der Waals surface area contributed by atoms with Gasteiger partial charge in [0.2, 0.25) is 0 Å². The Hall–Kier alpha value is -3.66. The standard InChI is InChI=1S/C22H28N4O2S.C19H25NOS/c1-3-12-26(13-11-19-7-5-14-29-19)18-9-10-20-17(15-18)6-4-8-21(20)28-22(27)16(2)24-25-23;1-2-11-20(12-10-17-6-4-13-22-17)16-8-9-18-15(14-16)5-3-7-19(18)21/h4-8,14,16,18H,3,9-13,15H2,1-2H3;3-7,13,16,21H,2,8-12,14H2,1H3/t16?,18-;16-/m00/s1. The molecule has 2 heterocycles. The second-order valence-electron chi connectivity index (χ2n) is 13.6. The molecule has 1 unspecified atom stereocenters. The van der Waals surface area contributed by atoms with Crippen molar-refractivity contribution in [2.75, 3.05) is 26.2 Å². The highest BCUT2D eigenvalue weighted by Gasteiger charge is 2.27. The third-order valence-electron chi connectivity index (χ3n) is 10.1. The number of hydrogen-bond donors (Lipinski definition) is 1. The Labute approximate surface area is 311 Å². The van der Waals surface area contributed by atoms with E-state index in [-0.39, 0.29) is 0 Å². The Balaban J connectivity index is 0.000000205. The maximum atomic E-state index is 12.1. The van der Waals surface area contributed by atoms with Crippen LogP contribution in [0.3, 0.4) is 0 Å². The summed E-state index contributed by atoms with van der Waals surface area (Å²) >= 11 is 3.69. The quantitative estimate of drug-likeness (QED) is 0.0432. The van der Waals surface area contributed by atoms with E-state index >= 15 is 0 Å². The van der Waals surface area contributed by atoms with Crippen LogP contribution in [0.5, 0.6) is 11.5 Å². The number of phenols is 1. The average Bonchev–Trinajstić information content (AvgIpc) is 3.87. The number of aromatic hydroxyl groups is 1. The number of carbonyl (C=O) groups is 1. The lowest BCUT2D eigenvalue weighted by Gasteiger charge is -2.35. The molecule has 1 N–H and O–H groups in total. The summed E-state index contributed by atoms with van der Waals surface area (Å²) in [7, 11) is 0. The van der Waals surface area contributed by atoms with E-state index < -0.39 is 12.0 Å². The Kier molecular flexibility index (Phi) is 15.0. The molecule has 0 bridgehead atoms. The van der Waals surface area contributed by atoms with Gasteiger partial charge in [0.25, 0.3) is 0 Å². The number of rotatable bonds is 15. The molecule has 0 fully saturated rings. The van der Waals surface area contributed by atoms with E-state index in [9.17, 15) is 9.90 Å². The van der Waals surface area contributed by atoms with E-state index in [0.717, 1.165) is 83.0 Å². The largest absolute Gasteiger partial charge is 0.508 e. The zero-order chi connectivity index (χ0) is 36.0. The molecular formula is C41H53N5O3S2. The molecule has 0 saturated heterocycles. The number of benzene rings is 2. The van der Waals surface area contributed by atoms with Crippen molar-refractivity contribution in [2.24, 2.45) is 5.11 Å². The highest BCUT2D eigenvalue weighted by Crippen LogP contribution is 2.33. The van der Waals surface area contributed by atoms with Crippen LogP contribution in [0.1, 0.15) is 78.5 Å². The van der Waals surface area contributed by atoms with Crippen molar-refractivity contribution in [2.45, 2.75) is 103 Å². The molecule has 272 valence electrons. The van der Waals surface area contributed by atoms with Crippen molar-refractivity contribution in [1.29, 1.82) is 0 Å². The fraction of sp³-hybridized carbons (Fsp3) is 0.488. The molecule has 2 aliphatic carbocycles. The van der Waals surface area contributed by atoms with Crippen molar-refractivity contribution in [3.63, 3.8) is 0 Å². The fourth-order valence-electron chi connectivity index (χ4n) is 7.50. The zero-order valence-corrected chi connectivity index (χ0v) is 32.0. The van der Waals surface area contributed by atoms with Crippen molar-refractivity contribution < 1.29 is 14.6 Å². The normalized spacial score (nSPS) is 17.1. The summed E-state index contributed by atoms with van der Waals surface area (Å²) in [6.07, 6.45) is 10.7. The van der Waals surface area contributed by atoms with Crippen molar-refractivity contribution in [3.8, 4) is 11.5 Å². The molecular weight excluding hydrogens is 675 g/mol. The van der Waals surface area contributed by atoms with Gasteiger partial charge >= 0.3 is 5.97 Å². The van der Waals surface area contributed by atoms with Gasteiger partial charge in [-0.3, -0.25) is 14.6 Å². The van der Waals surface area contributed by atoms with Crippen molar-refractivity contribution in [3.05, 3.63) is 114 Å². The van der Waals surface area contributed by atoms with Gasteiger partial charge in [0, 0.05) is 39.8 Å². The maximum absolute atomic E-state index is 12.1. The third-order valence-corrected chi connectivity index (χ3v) is 12.0. The Morgan fingerprint density at radius 1 is 0.843 bits per heavy atom. The highest BCUT2D eigenvalue weighted by atomic mass is 32.1. The van der Waals surface area contributed by atoms with Gasteiger partial charge in [0.15, 0.2) is 0 Å². The van der Waals surface area contributed by atoms with Gasteiger partial charge in [-0.05, 0) is 147 Å². The van der Waals surface area contributed by atoms with Gasteiger partial charge in [-0.1, -0.05) is 55.4 Å². The van der Waals surface area contributed by atoms with Crippen LogP contribution in [0.25, 0.3) is 10.4 Å². The molecule has 10 heteroatoms. The molecule has 2 aliphatic rings. The van der Waals surface area contributed by atoms with Gasteiger partial charge in [0.05, 0.1) is 0 Å². The van der Waals surface area contributed by atoms with E-state index in [4.69, 9.17) is 10.3 Å². The van der Waals surface area contributed by atoms with Gasteiger partial charge < -0.3 is 9.84 Å². The van der Waals surface area contributed by atoms with Crippen LogP contribution in [-0.4, -0.2) is 65.2 Å². The highest BCUT2D eigenvalue weighted by molar-refractivity contribution is 7.10. The summed E-state index contributed by atoms with van der Waals surface area (Å²) in [5.74, 6) is 0.574. The average molecular weight is 728 g/mol. The lowest BCUT2D eigenvalue weighted by molar-refractivity contribution is -0.135. The van der Waals surface area contributed by atoms with E-state index in [2.05, 4.69) is 80.8 Å². The van der Waals surface area contributed by atoms with E-state index in [0.29, 0.717) is 23.6 Å². The van der Waals surface area contributed by atoms with Gasteiger partial charge in [-0.15, -0.1) is 22.7 Å². The van der Waals surface area contributed by atoms with Gasteiger partial charge in [0.1, 0.15) is 17.5 Å². The van der Waals surface area contributed by atoms with Crippen LogP contribution in [-0.2, 0) is 43.3 Å². The predicted octanol–water partition coefficient (Wildman–Crippen LogP) is 9.43. The monoisotopic (exact) mass is 727 g/mol. The van der Waals surface area contributed by atoms with E-state index in [1.165, 1.54) is 39.4 Å². The number of fused-ring (bicyclic) bond motifs is 2. The maximum Gasteiger partial charge on any atom is 0.319 e. The first-order valence-corrected chi connectivity index (χ1v) is 20.3. The van der Waals surface area contributed by atoms with E-state index in [1.807, 2.05) is 46.9 Å². The fourth-order valence-corrected chi connectivity index (χ4v) is 8.90. The second-order valence-corrected chi connectivity index (χ2v) is 15.7. The van der Waals surface area contributed by atoms with Crippen LogP contribution in [0.15, 0.2) is 76.5 Å². The summed E-state index contributed by atoms with van der Waals surface area (Å²) in [6, 6.07) is 20.9. The molecule has 0 aliphatic heterocycles. The third kappa shape index (κ3) is 10.9. The Bertz CT molecular complexity index is 1700. The minimum atomic E-state index is -0.829. The number of carbonyl (C=O) groups excluding carboxylic acids is 1. The summed E-state index contributed by atoms with van der Waals surface area (Å²) < 4.78 is 5.55. The number of thiophene rings is 2. The molecule has 8 nitrogen and oxygen atoms in total. The number of hydrogen-bond acceptors (Lipinski definition) is 8. The molecule has 4 aromatic rings. The summed E-state index contributed by atoms with van der Waals surface area (Å²) in [5, 5.41) is 17.7. The molecule has 51 heavy (non-hydrogen) atoms. The topological polar surface area (TPSA) is 102 Å². The van der Waals surface area contributed by atoms with Gasteiger partial charge in [-0.2, -0.15) is 0 Å². The summed E-state index contributed by atoms with van der Waals surface area (Å²) in [6.45, 7) is 10.5. The van der Waals surface area contributed by atoms with Crippen LogP contribution in [0.4, 0.5) is 0 Å². The number of esters is 1. The molecule has 0 amide bonds. The second kappa shape index (κ2) is 19.8. The Morgan fingerprint density at radius 2 is 1.39 bits per heavy atom. The molecule has 0 saturated carbocycles. The lowest BCUT2D eigenvalue weighted by atomic mass is 9.86. The number of azide groups is 1. The summed E-state index contributed by atoms with van der Waals surface area (Å²) in [4.78, 5) is 23.0. The van der Waals surface area contributed by atoms with E-state index in [1.54, 1.807) is 6.92 Å². The minimum absolute atomic E-state index is 0.483. The Morgan fingerprint density at radius 3 is 1.92 bits per heavy atom. The zero-order valence-electron chi connectivity index (χ0n) is 30.4. The van der Waals surface area contributed by atoms with Crippen LogP contribution >= 0.6 is 22.7 Å². The van der Waals surface area contributed by atoms with Gasteiger partial charge in [-0.25, -0.2) is 0 Å². The van der Waals surface area contributed by atoms with Crippen molar-refractivity contribution in [1.82, 2.24) is 9.80 Å². The summed E-state index contributed by atoms with van der Waals surface area (Å²) in [5.41, 5.74) is 13.4. The molecule has 3 atom stereocenters. The number of ether oxygens (including phenoxy) is 1. The minimum Gasteiger partial charge on any atom is -0.508 e. The van der Waals surface area contributed by atoms with Crippen LogP contribution in [0.2, 0.25) is 0 Å². The van der Waals surface area contributed by atoms with Crippen LogP contribution in [0, 0.1) is 0 Å². The number of nitrogens with zero attached hydrogens (tertiary/aromatic N) is 5. The first-order chi connectivity index (χ1) is 24.9.